The van der Waals surface area contributed by atoms with Gasteiger partial charge in [-0.1, -0.05) is 51.2 Å². The van der Waals surface area contributed by atoms with Gasteiger partial charge >= 0.3 is 5.97 Å². The Labute approximate surface area is 123 Å². The molecule has 0 unspecified atom stereocenters. The van der Waals surface area contributed by atoms with Crippen molar-refractivity contribution in [3.63, 3.8) is 0 Å². The van der Waals surface area contributed by atoms with Gasteiger partial charge in [-0.25, -0.2) is 0 Å². The van der Waals surface area contributed by atoms with Gasteiger partial charge in [0.1, 0.15) is 0 Å². The lowest BCUT2D eigenvalue weighted by molar-refractivity contribution is -0.133. The third-order valence-electron chi connectivity index (χ3n) is 3.03. The van der Waals surface area contributed by atoms with Gasteiger partial charge < -0.3 is 5.11 Å². The van der Waals surface area contributed by atoms with Crippen molar-refractivity contribution in [2.45, 2.75) is 71.1 Å². The number of carboxylic acids is 1. The molecule has 0 aromatic carbocycles. The quantitative estimate of drug-likeness (QED) is 0.348. The lowest BCUT2D eigenvalue weighted by Gasteiger charge is -1.98. The van der Waals surface area contributed by atoms with Crippen LogP contribution in [0.1, 0.15) is 71.1 Å². The molecule has 0 aliphatic rings. The van der Waals surface area contributed by atoms with Crippen LogP contribution in [0.4, 0.5) is 0 Å². The Morgan fingerprint density at radius 2 is 1.53 bits per heavy atom. The van der Waals surface area contributed by atoms with Crippen molar-refractivity contribution in [3.05, 3.63) is 12.2 Å². The summed E-state index contributed by atoms with van der Waals surface area (Å²) in [5.74, 6) is 0.526. The van der Waals surface area contributed by atoms with Gasteiger partial charge in [-0.05, 0) is 37.9 Å². The molecule has 0 spiro atoms. The first-order valence-electron chi connectivity index (χ1n) is 7.72. The molecule has 0 rings (SSSR count). The summed E-state index contributed by atoms with van der Waals surface area (Å²) < 4.78 is 0. The Morgan fingerprint density at radius 3 is 2.11 bits per heavy atom. The van der Waals surface area contributed by atoms with E-state index in [1.807, 2.05) is 0 Å². The summed E-state index contributed by atoms with van der Waals surface area (Å²) in [7, 11) is 0. The van der Waals surface area contributed by atoms with Crippen molar-refractivity contribution >= 4 is 17.7 Å². The Balaban J connectivity index is 3.06. The van der Waals surface area contributed by atoms with Gasteiger partial charge in [0.25, 0.3) is 0 Å². The van der Waals surface area contributed by atoms with Crippen LogP contribution in [-0.2, 0) is 4.79 Å². The van der Waals surface area contributed by atoms with Gasteiger partial charge in [0.15, 0.2) is 0 Å². The Kier molecular flexibility index (Phi) is 15.3. The van der Waals surface area contributed by atoms with E-state index < -0.39 is 5.97 Å². The SMILES string of the molecule is CCCCCCC/C=C\CCCCCSCC(=O)O. The lowest BCUT2D eigenvalue weighted by atomic mass is 10.1. The molecule has 0 fully saturated rings. The van der Waals surface area contributed by atoms with Crippen molar-refractivity contribution in [2.75, 3.05) is 11.5 Å². The Morgan fingerprint density at radius 1 is 0.947 bits per heavy atom. The van der Waals surface area contributed by atoms with Crippen LogP contribution < -0.4 is 0 Å². The average molecular weight is 286 g/mol. The van der Waals surface area contributed by atoms with E-state index in [1.165, 1.54) is 69.5 Å². The molecule has 0 bridgehead atoms. The molecule has 0 aromatic rings. The number of unbranched alkanes of at least 4 members (excludes halogenated alkanes) is 8. The second-order valence-corrected chi connectivity index (χ2v) is 6.08. The van der Waals surface area contributed by atoms with Gasteiger partial charge in [-0.3, -0.25) is 4.79 Å². The van der Waals surface area contributed by atoms with E-state index in [1.54, 1.807) is 0 Å². The molecule has 0 aromatic heterocycles. The number of hydrogen-bond donors (Lipinski definition) is 1. The second-order valence-electron chi connectivity index (χ2n) is 4.97. The van der Waals surface area contributed by atoms with Crippen LogP contribution >= 0.6 is 11.8 Å². The van der Waals surface area contributed by atoms with E-state index in [4.69, 9.17) is 5.11 Å². The van der Waals surface area contributed by atoms with E-state index in [0.29, 0.717) is 0 Å². The second kappa shape index (κ2) is 15.6. The van der Waals surface area contributed by atoms with Crippen molar-refractivity contribution in [1.29, 1.82) is 0 Å². The number of allylic oxidation sites excluding steroid dienone is 2. The van der Waals surface area contributed by atoms with Crippen LogP contribution in [0, 0.1) is 0 Å². The van der Waals surface area contributed by atoms with Gasteiger partial charge in [-0.15, -0.1) is 0 Å². The largest absolute Gasteiger partial charge is 0.481 e. The summed E-state index contributed by atoms with van der Waals surface area (Å²) in [5.41, 5.74) is 0. The smallest absolute Gasteiger partial charge is 0.313 e. The van der Waals surface area contributed by atoms with E-state index >= 15 is 0 Å². The predicted octanol–water partition coefficient (Wildman–Crippen LogP) is 5.28. The zero-order valence-corrected chi connectivity index (χ0v) is 13.2. The first-order valence-corrected chi connectivity index (χ1v) is 8.87. The van der Waals surface area contributed by atoms with Crippen LogP contribution in [0.15, 0.2) is 12.2 Å². The number of hydrogen-bond acceptors (Lipinski definition) is 2. The zero-order valence-electron chi connectivity index (χ0n) is 12.4. The van der Waals surface area contributed by atoms with E-state index in [-0.39, 0.29) is 5.75 Å². The summed E-state index contributed by atoms with van der Waals surface area (Å²) in [6, 6.07) is 0. The first kappa shape index (κ1) is 18.6. The number of thioether (sulfide) groups is 1. The minimum Gasteiger partial charge on any atom is -0.481 e. The highest BCUT2D eigenvalue weighted by Gasteiger charge is 1.95. The molecule has 2 nitrogen and oxygen atoms in total. The van der Waals surface area contributed by atoms with Crippen LogP contribution in [0.3, 0.4) is 0 Å². The van der Waals surface area contributed by atoms with Gasteiger partial charge in [0, 0.05) is 0 Å². The van der Waals surface area contributed by atoms with Crippen LogP contribution in [0.5, 0.6) is 0 Å². The molecule has 0 saturated heterocycles. The van der Waals surface area contributed by atoms with Crippen molar-refractivity contribution in [3.8, 4) is 0 Å². The summed E-state index contributed by atoms with van der Waals surface area (Å²) in [6.07, 6.45) is 17.4. The van der Waals surface area contributed by atoms with Gasteiger partial charge in [0.05, 0.1) is 5.75 Å². The maximum absolute atomic E-state index is 10.3. The summed E-state index contributed by atoms with van der Waals surface area (Å²) in [6.45, 7) is 2.25. The maximum atomic E-state index is 10.3. The molecule has 112 valence electrons. The molecule has 19 heavy (non-hydrogen) atoms. The number of aliphatic carboxylic acids is 1. The summed E-state index contributed by atoms with van der Waals surface area (Å²) >= 11 is 1.53. The van der Waals surface area contributed by atoms with Crippen molar-refractivity contribution in [2.24, 2.45) is 0 Å². The molecular weight excluding hydrogens is 256 g/mol. The van der Waals surface area contributed by atoms with Gasteiger partial charge in [0.2, 0.25) is 0 Å². The highest BCUT2D eigenvalue weighted by atomic mass is 32.2. The van der Waals surface area contributed by atoms with Crippen LogP contribution in [0.25, 0.3) is 0 Å². The minimum absolute atomic E-state index is 0.248. The van der Waals surface area contributed by atoms with Crippen molar-refractivity contribution in [1.82, 2.24) is 0 Å². The third kappa shape index (κ3) is 17.6. The topological polar surface area (TPSA) is 37.3 Å². The Bertz CT molecular complexity index is 227. The summed E-state index contributed by atoms with van der Waals surface area (Å²) in [4.78, 5) is 10.3. The molecule has 0 amide bonds. The molecule has 0 saturated carbocycles. The molecule has 1 N–H and O–H groups in total. The van der Waals surface area contributed by atoms with E-state index in [2.05, 4.69) is 19.1 Å². The fourth-order valence-electron chi connectivity index (χ4n) is 1.90. The number of carbonyl (C=O) groups is 1. The fraction of sp³-hybridized carbons (Fsp3) is 0.812. The summed E-state index contributed by atoms with van der Waals surface area (Å²) in [5, 5.41) is 8.47. The zero-order chi connectivity index (χ0) is 14.2. The maximum Gasteiger partial charge on any atom is 0.313 e. The third-order valence-corrected chi connectivity index (χ3v) is 4.05. The van der Waals surface area contributed by atoms with Gasteiger partial charge in [-0.2, -0.15) is 11.8 Å². The molecule has 0 aliphatic carbocycles. The standard InChI is InChI=1S/C16H30O2S/c1-2-3-4-5-6-7-8-9-10-11-12-13-14-19-15-16(17)18/h8-9H,2-7,10-15H2,1H3,(H,17,18)/b9-8-. The lowest BCUT2D eigenvalue weighted by Crippen LogP contribution is -1.98. The minimum atomic E-state index is -0.702. The predicted molar refractivity (Wildman–Crippen MR) is 85.9 cm³/mol. The van der Waals surface area contributed by atoms with E-state index in [0.717, 1.165) is 12.2 Å². The highest BCUT2D eigenvalue weighted by Crippen LogP contribution is 2.09. The molecule has 0 atom stereocenters. The molecular formula is C16H30O2S. The molecule has 0 radical (unpaired) electrons. The average Bonchev–Trinajstić information content (AvgIpc) is 2.39. The molecule has 3 heteroatoms. The van der Waals surface area contributed by atoms with Crippen LogP contribution in [-0.4, -0.2) is 22.6 Å². The number of carboxylic acid groups (broad SMARTS) is 1. The molecule has 0 aliphatic heterocycles. The van der Waals surface area contributed by atoms with E-state index in [9.17, 15) is 4.79 Å². The fourth-order valence-corrected chi connectivity index (χ4v) is 2.63. The Hall–Kier alpha value is -0.440. The van der Waals surface area contributed by atoms with Crippen LogP contribution in [0.2, 0.25) is 0 Å². The normalized spacial score (nSPS) is 11.2. The molecule has 0 heterocycles. The monoisotopic (exact) mass is 286 g/mol. The van der Waals surface area contributed by atoms with Crippen molar-refractivity contribution < 1.29 is 9.90 Å². The number of rotatable bonds is 14. The highest BCUT2D eigenvalue weighted by molar-refractivity contribution is 7.99. The first-order chi connectivity index (χ1) is 9.27.